The van der Waals surface area contributed by atoms with Gasteiger partial charge >= 0.3 is 59.7 Å². The van der Waals surface area contributed by atoms with Crippen molar-refractivity contribution in [2.24, 2.45) is 0 Å². The lowest BCUT2D eigenvalue weighted by Gasteiger charge is -2.44. The van der Waals surface area contributed by atoms with Gasteiger partial charge in [0.1, 0.15) is 56.3 Å². The van der Waals surface area contributed by atoms with Crippen molar-refractivity contribution in [3.05, 3.63) is 0 Å². The average Bonchev–Trinajstić information content (AvgIpc) is 0.794. The number of unbranched alkanes of at least 4 members (excludes halogenated alkanes) is 8. The molecular weight excluding hydrogens is 1720 g/mol. The molecule has 0 radical (unpaired) electrons. The molecule has 0 saturated carbocycles. The molecule has 6 unspecified atom stereocenters. The van der Waals surface area contributed by atoms with Crippen molar-refractivity contribution in [1.82, 2.24) is 53.2 Å². The molecule has 3 heterocycles. The van der Waals surface area contributed by atoms with Crippen molar-refractivity contribution in [3.8, 4) is 0 Å². The smallest absolute Gasteiger partial charge is 0.305 e. The molecule has 0 aromatic carbocycles. The van der Waals surface area contributed by atoms with Crippen LogP contribution in [0.4, 0.5) is 0 Å². The number of nitrogens with one attached hydrogen (secondary N) is 10. The van der Waals surface area contributed by atoms with Gasteiger partial charge in [0.05, 0.1) is 46.2 Å². The zero-order valence-electron chi connectivity index (χ0n) is 76.6. The van der Waals surface area contributed by atoms with Crippen LogP contribution < -0.4 is 53.2 Å². The lowest BCUT2D eigenvalue weighted by Crippen LogP contribution is -2.66. The Morgan fingerprint density at radius 3 is 0.746 bits per heavy atom. The van der Waals surface area contributed by atoms with Gasteiger partial charge in [-0.3, -0.25) is 95.9 Å². The molecule has 3 rings (SSSR count). The molecule has 3 fully saturated rings. The van der Waals surface area contributed by atoms with Crippen molar-refractivity contribution < 1.29 is 172 Å². The number of amides is 10. The van der Waals surface area contributed by atoms with E-state index in [4.69, 9.17) is 75.8 Å². The van der Waals surface area contributed by atoms with E-state index in [1.54, 1.807) is 0 Å². The van der Waals surface area contributed by atoms with E-state index in [0.717, 1.165) is 128 Å². The second kappa shape index (κ2) is 62.4. The maximum Gasteiger partial charge on any atom is 0.305 e. The van der Waals surface area contributed by atoms with Gasteiger partial charge in [0, 0.05) is 160 Å². The first kappa shape index (κ1) is 113. The summed E-state index contributed by atoms with van der Waals surface area (Å²) in [7, 11) is 1.35. The number of esters is 10. The normalized spacial score (nSPS) is 21.9. The average molecular weight is 1860 g/mol. The first-order chi connectivity index (χ1) is 61.6. The molecule has 3 aliphatic heterocycles. The van der Waals surface area contributed by atoms with Crippen LogP contribution in [0.1, 0.15) is 231 Å². The Morgan fingerprint density at radius 2 is 0.508 bits per heavy atom. The summed E-state index contributed by atoms with van der Waals surface area (Å²) in [5, 5.41) is 27.4. The van der Waals surface area contributed by atoms with Gasteiger partial charge in [-0.2, -0.15) is 0 Å². The first-order valence-corrected chi connectivity index (χ1v) is 43.7. The summed E-state index contributed by atoms with van der Waals surface area (Å²) in [4.78, 5) is 253. The highest BCUT2D eigenvalue weighted by Gasteiger charge is 2.55. The number of carbonyl (C=O) groups excluding carboxylic acids is 20. The quantitative estimate of drug-likeness (QED) is 0.0212. The number of methoxy groups -OCH3 is 1. The van der Waals surface area contributed by atoms with Gasteiger partial charge in [0.25, 0.3) is 0 Å². The van der Waals surface area contributed by atoms with Crippen molar-refractivity contribution in [2.45, 2.75) is 328 Å². The van der Waals surface area contributed by atoms with Gasteiger partial charge in [-0.15, -0.1) is 0 Å². The molecular formula is C84H134N10O36. The third-order valence-electron chi connectivity index (χ3n) is 19.9. The molecule has 10 N–H and O–H groups in total. The fourth-order valence-corrected chi connectivity index (χ4v) is 14.1. The van der Waals surface area contributed by atoms with Gasteiger partial charge in [0.2, 0.25) is 59.1 Å². The monoisotopic (exact) mass is 1860 g/mol. The highest BCUT2D eigenvalue weighted by atomic mass is 16.7. The fourth-order valence-electron chi connectivity index (χ4n) is 14.1. The molecule has 0 aliphatic carbocycles. The lowest BCUT2D eigenvalue weighted by atomic mass is 9.82. The predicted octanol–water partition coefficient (Wildman–Crippen LogP) is -0.298. The summed E-state index contributed by atoms with van der Waals surface area (Å²) in [5.41, 5.74) is -1.39. The molecule has 0 bridgehead atoms. The number of carbonyl (C=O) groups is 20. The van der Waals surface area contributed by atoms with Gasteiger partial charge in [-0.25, -0.2) is 0 Å². The first-order valence-electron chi connectivity index (χ1n) is 43.7. The van der Waals surface area contributed by atoms with Gasteiger partial charge < -0.3 is 129 Å². The van der Waals surface area contributed by atoms with Crippen LogP contribution in [0.5, 0.6) is 0 Å². The van der Waals surface area contributed by atoms with E-state index in [-0.39, 0.29) is 149 Å². The maximum absolute atomic E-state index is 14.3. The van der Waals surface area contributed by atoms with E-state index < -0.39 is 230 Å². The van der Waals surface area contributed by atoms with Crippen LogP contribution in [-0.2, 0) is 172 Å². The van der Waals surface area contributed by atoms with Crippen LogP contribution in [0.3, 0.4) is 0 Å². The van der Waals surface area contributed by atoms with Crippen LogP contribution in [0.15, 0.2) is 0 Å². The molecule has 0 spiro atoms. The molecule has 0 aromatic heterocycles. The van der Waals surface area contributed by atoms with Crippen molar-refractivity contribution in [2.75, 3.05) is 86.0 Å². The van der Waals surface area contributed by atoms with Crippen molar-refractivity contribution in [3.63, 3.8) is 0 Å². The zero-order valence-corrected chi connectivity index (χ0v) is 76.6. The minimum Gasteiger partial charge on any atom is -0.469 e. The Kier molecular flexibility index (Phi) is 54.4. The Hall–Kier alpha value is -10.8. The number of hydrogen-bond donors (Lipinski definition) is 10. The van der Waals surface area contributed by atoms with Gasteiger partial charge in [-0.05, 0) is 51.4 Å². The summed E-state index contributed by atoms with van der Waals surface area (Å²) in [6.07, 6.45) is -9.97. The minimum atomic E-state index is -1.43. The van der Waals surface area contributed by atoms with Crippen LogP contribution >= 0.6 is 0 Å². The minimum absolute atomic E-state index is 0.0312. The maximum atomic E-state index is 14.3. The molecule has 0 aromatic rings. The second-order valence-electron chi connectivity index (χ2n) is 31.3. The summed E-state index contributed by atoms with van der Waals surface area (Å²) < 4.78 is 88.6. The molecule has 10 amide bonds. The van der Waals surface area contributed by atoms with Crippen LogP contribution in [-0.4, -0.2) is 302 Å². The third kappa shape index (κ3) is 48.2. The predicted molar refractivity (Wildman–Crippen MR) is 447 cm³/mol. The third-order valence-corrected chi connectivity index (χ3v) is 19.9. The standard InChI is InChI=1S/C84H134N10O36/c1-49(95)91-72-78(125-58(10)104)75(122-55(7)101)61(46-119-52(4)98)128-81(72)116-43-31-67(110)88-40-23-37-85-64(107)28-34-84(94-70(113)26-21-19-17-15-14-16-18-20-22-27-71(114)115-13,35-29-65(108)86-38-24-41-89-68(111)32-44-117-82-73(92-50(2)96)79(126-59(11)105)76(123-56(8)102)62(129-82)47-120-53(5)99)36-30-66(109)87-39-25-42-90-69(112)33-45-118-83-74(93-51(3)97)80(127-60(12)106)77(124-57(9)103)63(130-83)48-121-54(6)100/h61-63,72-83H,14-48H2,1-13H3,(H,85,107)(H,86,108)(H,87,109)(H,88,110)(H,89,111)(H,90,112)(H,91,95)(H,92,96)(H,93,97)(H,94,113)/t61?,62?,63?,72?,73?,74?,75-,76-,77-,78+,79+,80+,81+,82+,83+,84?/m0/s1. The molecule has 736 valence electrons. The largest absolute Gasteiger partial charge is 0.469 e. The van der Waals surface area contributed by atoms with Crippen molar-refractivity contribution >= 4 is 119 Å². The zero-order chi connectivity index (χ0) is 96.8. The lowest BCUT2D eigenvalue weighted by molar-refractivity contribution is -0.277. The van der Waals surface area contributed by atoms with E-state index in [1.807, 2.05) is 0 Å². The molecule has 3 aliphatic rings. The number of rotatable bonds is 61. The van der Waals surface area contributed by atoms with E-state index in [1.165, 1.54) is 7.11 Å². The SMILES string of the molecule is COC(=O)CCCCCCCCCCCC(=O)NC(CCC(=O)NCCCNC(=O)CCO[C@@H]1OC(COC(C)=O)[C@H](OC(C)=O)[C@H](OC(C)=O)C1NC(C)=O)(CCC(=O)NCCCNC(=O)CCO[C@@H]1OC(COC(C)=O)[C@H](OC(C)=O)[C@H](OC(C)=O)C1NC(C)=O)CCC(=O)NCCCNC(=O)CCO[C@@H]1OC(COC(C)=O)[C@H](OC(C)=O)[C@H](OC(C)=O)C1NC(C)=O. The van der Waals surface area contributed by atoms with E-state index in [0.29, 0.717) is 19.3 Å². The van der Waals surface area contributed by atoms with Crippen LogP contribution in [0, 0.1) is 0 Å². The molecule has 3 saturated heterocycles. The Balaban J connectivity index is 1.82. The summed E-state index contributed by atoms with van der Waals surface area (Å²) in [6, 6.07) is -3.86. The topological polar surface area (TPSA) is 609 Å². The van der Waals surface area contributed by atoms with Crippen LogP contribution in [0.2, 0.25) is 0 Å². The number of hydrogen-bond acceptors (Lipinski definition) is 36. The Labute approximate surface area is 755 Å². The molecule has 15 atom stereocenters. The Bertz CT molecular complexity index is 3390. The molecule has 130 heavy (non-hydrogen) atoms. The fraction of sp³-hybridized carbons (Fsp3) is 0.762. The summed E-state index contributed by atoms with van der Waals surface area (Å²) in [5.74, 6) is -12.7. The highest BCUT2D eigenvalue weighted by molar-refractivity contribution is 5.82. The second-order valence-corrected chi connectivity index (χ2v) is 31.3. The number of ether oxygens (including phenoxy) is 16. The Morgan fingerprint density at radius 1 is 0.269 bits per heavy atom. The molecule has 46 heteroatoms. The van der Waals surface area contributed by atoms with Crippen molar-refractivity contribution in [1.29, 1.82) is 0 Å². The van der Waals surface area contributed by atoms with Crippen LogP contribution in [0.25, 0.3) is 0 Å². The summed E-state index contributed by atoms with van der Waals surface area (Å²) >= 11 is 0. The van der Waals surface area contributed by atoms with E-state index in [2.05, 4.69) is 53.2 Å². The molecule has 46 nitrogen and oxygen atoms in total. The van der Waals surface area contributed by atoms with E-state index in [9.17, 15) is 95.9 Å². The van der Waals surface area contributed by atoms with E-state index >= 15 is 0 Å². The highest BCUT2D eigenvalue weighted by Crippen LogP contribution is 2.33. The summed E-state index contributed by atoms with van der Waals surface area (Å²) in [6.45, 7) is 11.1. The van der Waals surface area contributed by atoms with Gasteiger partial charge in [-0.1, -0.05) is 44.9 Å². The van der Waals surface area contributed by atoms with Gasteiger partial charge in [0.15, 0.2) is 55.5 Å².